The standard InChI is InChI=1S/C19H25N3O2.C2HF3O2/c1-21(2)17-6-11-24-19(13-17)7-9-22(10-8-19)18(23)16-5-3-4-15(12-16)14-20;3-2(4,5)1(6)7/h3-5,12,17H,6-11,13H2,1-2H3;(H,6,7). The number of benzene rings is 1. The lowest BCUT2D eigenvalue weighted by Gasteiger charge is -2.47. The molecule has 2 fully saturated rings. The highest BCUT2D eigenvalue weighted by atomic mass is 19.4. The zero-order chi connectivity index (χ0) is 23.2. The molecule has 2 aliphatic rings. The molecule has 1 aromatic carbocycles. The van der Waals surface area contributed by atoms with Gasteiger partial charge in [0.25, 0.3) is 5.91 Å². The highest BCUT2D eigenvalue weighted by molar-refractivity contribution is 5.94. The molecule has 10 heteroatoms. The second-order valence-electron chi connectivity index (χ2n) is 7.93. The Morgan fingerprint density at radius 2 is 1.90 bits per heavy atom. The average molecular weight is 441 g/mol. The van der Waals surface area contributed by atoms with Gasteiger partial charge in [0, 0.05) is 31.3 Å². The predicted octanol–water partition coefficient (Wildman–Crippen LogP) is 2.91. The minimum Gasteiger partial charge on any atom is -0.475 e. The first-order valence-corrected chi connectivity index (χ1v) is 9.87. The third-order valence-corrected chi connectivity index (χ3v) is 5.64. The molecule has 0 bridgehead atoms. The maximum atomic E-state index is 12.7. The minimum absolute atomic E-state index is 0.0157. The molecule has 1 amide bonds. The van der Waals surface area contributed by atoms with Crippen molar-refractivity contribution < 1.29 is 32.6 Å². The smallest absolute Gasteiger partial charge is 0.475 e. The summed E-state index contributed by atoms with van der Waals surface area (Å²) in [5.74, 6) is -2.74. The van der Waals surface area contributed by atoms with Crippen molar-refractivity contribution in [3.05, 3.63) is 35.4 Å². The first kappa shape index (κ1) is 24.6. The van der Waals surface area contributed by atoms with Crippen molar-refractivity contribution in [2.45, 2.75) is 43.5 Å². The van der Waals surface area contributed by atoms with Gasteiger partial charge in [0.15, 0.2) is 0 Å². The molecular weight excluding hydrogens is 415 g/mol. The molecule has 1 N–H and O–H groups in total. The van der Waals surface area contributed by atoms with E-state index >= 15 is 0 Å². The highest BCUT2D eigenvalue weighted by Crippen LogP contribution is 2.36. The molecule has 2 aliphatic heterocycles. The first-order chi connectivity index (χ1) is 14.5. The van der Waals surface area contributed by atoms with Crippen molar-refractivity contribution >= 4 is 11.9 Å². The summed E-state index contributed by atoms with van der Waals surface area (Å²) in [6.07, 6.45) is -1.17. The van der Waals surface area contributed by atoms with E-state index in [0.29, 0.717) is 17.2 Å². The Hall–Kier alpha value is -2.64. The van der Waals surface area contributed by atoms with Crippen LogP contribution >= 0.6 is 0 Å². The Bertz CT molecular complexity index is 828. The quantitative estimate of drug-likeness (QED) is 0.759. The number of alkyl halides is 3. The number of hydrogen-bond acceptors (Lipinski definition) is 5. The van der Waals surface area contributed by atoms with Crippen LogP contribution in [0.25, 0.3) is 0 Å². The summed E-state index contributed by atoms with van der Waals surface area (Å²) in [4.78, 5) is 25.8. The molecule has 2 heterocycles. The number of amides is 1. The number of nitriles is 1. The van der Waals surface area contributed by atoms with Gasteiger partial charge in [-0.25, -0.2) is 4.79 Å². The molecule has 0 aromatic heterocycles. The van der Waals surface area contributed by atoms with Crippen LogP contribution in [0.15, 0.2) is 24.3 Å². The summed E-state index contributed by atoms with van der Waals surface area (Å²) in [6, 6.07) is 9.60. The number of carbonyl (C=O) groups is 2. The van der Waals surface area contributed by atoms with E-state index in [4.69, 9.17) is 19.9 Å². The summed E-state index contributed by atoms with van der Waals surface area (Å²) in [5.41, 5.74) is 1.05. The van der Waals surface area contributed by atoms with E-state index in [2.05, 4.69) is 25.1 Å². The van der Waals surface area contributed by atoms with Crippen molar-refractivity contribution in [1.29, 1.82) is 5.26 Å². The third kappa shape index (κ3) is 6.67. The number of halogens is 3. The number of aliphatic carboxylic acids is 1. The maximum absolute atomic E-state index is 12.7. The summed E-state index contributed by atoms with van der Waals surface area (Å²) < 4.78 is 37.9. The lowest BCUT2D eigenvalue weighted by Crippen LogP contribution is -2.53. The van der Waals surface area contributed by atoms with E-state index in [1.54, 1.807) is 24.3 Å². The zero-order valence-electron chi connectivity index (χ0n) is 17.5. The molecular formula is C21H26F3N3O4. The van der Waals surface area contributed by atoms with Crippen LogP contribution in [-0.2, 0) is 9.53 Å². The van der Waals surface area contributed by atoms with Gasteiger partial charge in [0.05, 0.1) is 17.2 Å². The molecule has 170 valence electrons. The molecule has 3 rings (SSSR count). The number of ether oxygens (including phenoxy) is 1. The summed E-state index contributed by atoms with van der Waals surface area (Å²) in [6.45, 7) is 2.24. The van der Waals surface area contributed by atoms with Crippen LogP contribution in [0.4, 0.5) is 13.2 Å². The number of carboxylic acids is 1. The van der Waals surface area contributed by atoms with Crippen LogP contribution in [0.2, 0.25) is 0 Å². The topological polar surface area (TPSA) is 93.9 Å². The van der Waals surface area contributed by atoms with Crippen molar-refractivity contribution in [1.82, 2.24) is 9.80 Å². The normalized spacial score (nSPS) is 20.5. The van der Waals surface area contributed by atoms with E-state index in [1.165, 1.54) is 0 Å². The van der Waals surface area contributed by atoms with Gasteiger partial charge in [-0.15, -0.1) is 0 Å². The van der Waals surface area contributed by atoms with Crippen molar-refractivity contribution in [3.8, 4) is 6.07 Å². The zero-order valence-corrected chi connectivity index (χ0v) is 17.5. The molecule has 1 spiro atoms. The number of likely N-dealkylation sites (tertiary alicyclic amines) is 1. The summed E-state index contributed by atoms with van der Waals surface area (Å²) >= 11 is 0. The van der Waals surface area contributed by atoms with Crippen LogP contribution < -0.4 is 0 Å². The highest BCUT2D eigenvalue weighted by Gasteiger charge is 2.41. The van der Waals surface area contributed by atoms with E-state index in [1.807, 2.05) is 4.90 Å². The summed E-state index contributed by atoms with van der Waals surface area (Å²) in [7, 11) is 4.26. The Balaban J connectivity index is 0.000000423. The molecule has 31 heavy (non-hydrogen) atoms. The summed E-state index contributed by atoms with van der Waals surface area (Å²) in [5, 5.41) is 16.1. The van der Waals surface area contributed by atoms with E-state index in [-0.39, 0.29) is 11.5 Å². The molecule has 1 aromatic rings. The first-order valence-electron chi connectivity index (χ1n) is 9.87. The van der Waals surface area contributed by atoms with Gasteiger partial charge in [0.1, 0.15) is 0 Å². The van der Waals surface area contributed by atoms with Gasteiger partial charge < -0.3 is 19.6 Å². The number of piperidine rings is 1. The number of nitrogens with zero attached hydrogens (tertiary/aromatic N) is 3. The lowest BCUT2D eigenvalue weighted by molar-refractivity contribution is -0.192. The second kappa shape index (κ2) is 10.1. The van der Waals surface area contributed by atoms with E-state index < -0.39 is 12.1 Å². The third-order valence-electron chi connectivity index (χ3n) is 5.64. The van der Waals surface area contributed by atoms with Crippen LogP contribution in [0.5, 0.6) is 0 Å². The van der Waals surface area contributed by atoms with Gasteiger partial charge in [-0.3, -0.25) is 4.79 Å². The SMILES string of the molecule is CN(C)C1CCOC2(CCN(C(=O)c3cccc(C#N)c3)CC2)C1.O=C(O)C(F)(F)F. The molecule has 0 radical (unpaired) electrons. The Labute approximate surface area is 179 Å². The fourth-order valence-electron chi connectivity index (χ4n) is 3.81. The Morgan fingerprint density at radius 3 is 2.42 bits per heavy atom. The number of carbonyl (C=O) groups excluding carboxylic acids is 1. The van der Waals surface area contributed by atoms with Gasteiger partial charge in [0.2, 0.25) is 0 Å². The van der Waals surface area contributed by atoms with E-state index in [9.17, 15) is 18.0 Å². The van der Waals surface area contributed by atoms with Crippen molar-refractivity contribution in [3.63, 3.8) is 0 Å². The molecule has 0 saturated carbocycles. The second-order valence-corrected chi connectivity index (χ2v) is 7.93. The minimum atomic E-state index is -5.08. The van der Waals surface area contributed by atoms with E-state index in [0.717, 1.165) is 45.4 Å². The number of hydrogen-bond donors (Lipinski definition) is 1. The number of rotatable bonds is 2. The lowest BCUT2D eigenvalue weighted by atomic mass is 9.82. The van der Waals surface area contributed by atoms with Crippen LogP contribution in [0.3, 0.4) is 0 Å². The van der Waals surface area contributed by atoms with Crippen LogP contribution in [-0.4, -0.2) is 78.4 Å². The maximum Gasteiger partial charge on any atom is 0.490 e. The predicted molar refractivity (Wildman–Crippen MR) is 105 cm³/mol. The fourth-order valence-corrected chi connectivity index (χ4v) is 3.81. The fraction of sp³-hybridized carbons (Fsp3) is 0.571. The molecule has 0 aliphatic carbocycles. The van der Waals surface area contributed by atoms with Gasteiger partial charge in [-0.05, 0) is 58.0 Å². The van der Waals surface area contributed by atoms with Crippen LogP contribution in [0.1, 0.15) is 41.6 Å². The molecule has 2 saturated heterocycles. The van der Waals surface area contributed by atoms with Gasteiger partial charge in [-0.2, -0.15) is 18.4 Å². The molecule has 7 nitrogen and oxygen atoms in total. The molecule has 1 unspecified atom stereocenters. The average Bonchev–Trinajstić information content (AvgIpc) is 2.73. The van der Waals surface area contributed by atoms with Gasteiger partial charge >= 0.3 is 12.1 Å². The Kier molecular flexibility index (Phi) is 8.03. The van der Waals surface area contributed by atoms with Gasteiger partial charge in [-0.1, -0.05) is 6.07 Å². The number of carboxylic acid groups (broad SMARTS) is 1. The largest absolute Gasteiger partial charge is 0.490 e. The van der Waals surface area contributed by atoms with Crippen molar-refractivity contribution in [2.24, 2.45) is 0 Å². The van der Waals surface area contributed by atoms with Crippen molar-refractivity contribution in [2.75, 3.05) is 33.8 Å². The van der Waals surface area contributed by atoms with Crippen LogP contribution in [0, 0.1) is 11.3 Å². The monoisotopic (exact) mass is 441 g/mol. The Morgan fingerprint density at radius 1 is 1.29 bits per heavy atom. The molecule has 1 atom stereocenters.